The Hall–Kier alpha value is -1.36. The second-order valence-electron chi connectivity index (χ2n) is 3.61. The fraction of sp³-hybridized carbons (Fsp3) is 0.600. The van der Waals surface area contributed by atoms with Crippen molar-refractivity contribution in [2.45, 2.75) is 19.8 Å². The molecule has 0 saturated carbocycles. The second kappa shape index (κ2) is 4.02. The van der Waals surface area contributed by atoms with Crippen molar-refractivity contribution in [2.75, 3.05) is 13.2 Å². The SMILES string of the molecule is CCc1nn(C)cc1C(=O)N1CCCO1. The molecule has 15 heavy (non-hydrogen) atoms. The fourth-order valence-electron chi connectivity index (χ4n) is 1.72. The van der Waals surface area contributed by atoms with Crippen molar-refractivity contribution in [3.8, 4) is 0 Å². The lowest BCUT2D eigenvalue weighted by Gasteiger charge is -2.12. The summed E-state index contributed by atoms with van der Waals surface area (Å²) in [4.78, 5) is 17.2. The average Bonchev–Trinajstić information content (AvgIpc) is 2.84. The Morgan fingerprint density at radius 3 is 3.07 bits per heavy atom. The lowest BCUT2D eigenvalue weighted by Crippen LogP contribution is -2.26. The number of aryl methyl sites for hydroxylation is 2. The summed E-state index contributed by atoms with van der Waals surface area (Å²) in [5, 5.41) is 5.66. The summed E-state index contributed by atoms with van der Waals surface area (Å²) in [6.07, 6.45) is 3.42. The van der Waals surface area contributed by atoms with Crippen molar-refractivity contribution >= 4 is 5.91 Å². The third-order valence-electron chi connectivity index (χ3n) is 2.45. The van der Waals surface area contributed by atoms with Crippen LogP contribution in [0.15, 0.2) is 6.20 Å². The number of nitrogens with zero attached hydrogens (tertiary/aromatic N) is 3. The Morgan fingerprint density at radius 1 is 1.67 bits per heavy atom. The molecule has 1 saturated heterocycles. The van der Waals surface area contributed by atoms with Gasteiger partial charge in [-0.3, -0.25) is 14.3 Å². The lowest BCUT2D eigenvalue weighted by molar-refractivity contribution is -0.0769. The number of carbonyl (C=O) groups excluding carboxylic acids is 1. The maximum atomic E-state index is 12.0. The standard InChI is InChI=1S/C10H15N3O2/c1-3-9-8(7-12(2)11-9)10(14)13-5-4-6-15-13/h7H,3-6H2,1-2H3. The minimum Gasteiger partial charge on any atom is -0.275 e. The molecular formula is C10H15N3O2. The van der Waals surface area contributed by atoms with Crippen molar-refractivity contribution in [3.63, 3.8) is 0 Å². The third-order valence-corrected chi connectivity index (χ3v) is 2.45. The first-order valence-corrected chi connectivity index (χ1v) is 5.19. The number of amides is 1. The molecule has 2 heterocycles. The van der Waals surface area contributed by atoms with Gasteiger partial charge in [-0.25, -0.2) is 5.06 Å². The van der Waals surface area contributed by atoms with Gasteiger partial charge in [0.05, 0.1) is 24.4 Å². The van der Waals surface area contributed by atoms with Crippen LogP contribution in [0.4, 0.5) is 0 Å². The second-order valence-corrected chi connectivity index (χ2v) is 3.61. The number of hydrogen-bond donors (Lipinski definition) is 0. The van der Waals surface area contributed by atoms with Crippen LogP contribution in [0, 0.1) is 0 Å². The van der Waals surface area contributed by atoms with Crippen molar-refractivity contribution in [3.05, 3.63) is 17.5 Å². The van der Waals surface area contributed by atoms with Gasteiger partial charge >= 0.3 is 0 Å². The number of aromatic nitrogens is 2. The molecule has 0 atom stereocenters. The summed E-state index contributed by atoms with van der Waals surface area (Å²) in [6.45, 7) is 3.30. The molecule has 0 bridgehead atoms. The van der Waals surface area contributed by atoms with Crippen LogP contribution in [0.1, 0.15) is 29.4 Å². The van der Waals surface area contributed by atoms with Gasteiger partial charge < -0.3 is 0 Å². The predicted octanol–water partition coefficient (Wildman–Crippen LogP) is 0.760. The fourth-order valence-corrected chi connectivity index (χ4v) is 1.72. The molecule has 5 nitrogen and oxygen atoms in total. The molecule has 0 aromatic carbocycles. The highest BCUT2D eigenvalue weighted by Crippen LogP contribution is 2.14. The molecule has 2 rings (SSSR count). The van der Waals surface area contributed by atoms with Crippen LogP contribution in [0.25, 0.3) is 0 Å². The van der Waals surface area contributed by atoms with Gasteiger partial charge in [-0.1, -0.05) is 6.92 Å². The van der Waals surface area contributed by atoms with E-state index in [1.54, 1.807) is 10.9 Å². The van der Waals surface area contributed by atoms with E-state index in [1.807, 2.05) is 14.0 Å². The van der Waals surface area contributed by atoms with E-state index in [2.05, 4.69) is 5.10 Å². The lowest BCUT2D eigenvalue weighted by atomic mass is 10.2. The predicted molar refractivity (Wildman–Crippen MR) is 54.2 cm³/mol. The zero-order valence-corrected chi connectivity index (χ0v) is 9.06. The molecule has 0 aliphatic carbocycles. The van der Waals surface area contributed by atoms with Crippen LogP contribution in [-0.2, 0) is 18.3 Å². The van der Waals surface area contributed by atoms with Crippen molar-refractivity contribution in [2.24, 2.45) is 7.05 Å². The van der Waals surface area contributed by atoms with E-state index in [0.29, 0.717) is 18.7 Å². The quantitative estimate of drug-likeness (QED) is 0.722. The summed E-state index contributed by atoms with van der Waals surface area (Å²) < 4.78 is 1.67. The molecule has 1 fully saturated rings. The third kappa shape index (κ3) is 1.87. The van der Waals surface area contributed by atoms with E-state index >= 15 is 0 Å². The van der Waals surface area contributed by atoms with Crippen molar-refractivity contribution < 1.29 is 9.63 Å². The van der Waals surface area contributed by atoms with Crippen LogP contribution in [0.5, 0.6) is 0 Å². The Balaban J connectivity index is 2.23. The molecule has 1 aromatic heterocycles. The summed E-state index contributed by atoms with van der Waals surface area (Å²) >= 11 is 0. The van der Waals surface area contributed by atoms with Gasteiger partial charge in [-0.15, -0.1) is 0 Å². The largest absolute Gasteiger partial charge is 0.280 e. The summed E-state index contributed by atoms with van der Waals surface area (Å²) in [7, 11) is 1.82. The van der Waals surface area contributed by atoms with E-state index in [1.165, 1.54) is 5.06 Å². The van der Waals surface area contributed by atoms with Crippen LogP contribution < -0.4 is 0 Å². The first-order chi connectivity index (χ1) is 7.22. The molecule has 0 N–H and O–H groups in total. The van der Waals surface area contributed by atoms with Gasteiger partial charge in [0.15, 0.2) is 0 Å². The van der Waals surface area contributed by atoms with Gasteiger partial charge in [-0.2, -0.15) is 5.10 Å². The van der Waals surface area contributed by atoms with E-state index in [9.17, 15) is 4.79 Å². The maximum Gasteiger partial charge on any atom is 0.280 e. The molecule has 0 unspecified atom stereocenters. The number of carbonyl (C=O) groups is 1. The maximum absolute atomic E-state index is 12.0. The zero-order valence-electron chi connectivity index (χ0n) is 9.06. The Kier molecular flexibility index (Phi) is 2.73. The normalized spacial score (nSPS) is 16.0. The highest BCUT2D eigenvalue weighted by atomic mass is 16.7. The Bertz CT molecular complexity index is 367. The van der Waals surface area contributed by atoms with Crippen molar-refractivity contribution in [1.29, 1.82) is 0 Å². The topological polar surface area (TPSA) is 47.4 Å². The smallest absolute Gasteiger partial charge is 0.275 e. The van der Waals surface area contributed by atoms with Gasteiger partial charge in [0.2, 0.25) is 0 Å². The average molecular weight is 209 g/mol. The first-order valence-electron chi connectivity index (χ1n) is 5.19. The number of hydrogen-bond acceptors (Lipinski definition) is 3. The molecule has 1 aromatic rings. The van der Waals surface area contributed by atoms with Gasteiger partial charge in [0.1, 0.15) is 0 Å². The van der Waals surface area contributed by atoms with Crippen LogP contribution in [0.3, 0.4) is 0 Å². The summed E-state index contributed by atoms with van der Waals surface area (Å²) in [5.41, 5.74) is 1.49. The Morgan fingerprint density at radius 2 is 2.47 bits per heavy atom. The highest BCUT2D eigenvalue weighted by molar-refractivity contribution is 5.94. The molecule has 1 aliphatic heterocycles. The first kappa shape index (κ1) is 10.2. The minimum absolute atomic E-state index is 0.0718. The van der Waals surface area contributed by atoms with Gasteiger partial charge in [-0.05, 0) is 12.8 Å². The number of hydroxylamine groups is 2. The van der Waals surface area contributed by atoms with Crippen molar-refractivity contribution in [1.82, 2.24) is 14.8 Å². The Labute approximate surface area is 88.6 Å². The summed E-state index contributed by atoms with van der Waals surface area (Å²) in [5.74, 6) is -0.0718. The summed E-state index contributed by atoms with van der Waals surface area (Å²) in [6, 6.07) is 0. The zero-order chi connectivity index (χ0) is 10.8. The molecule has 0 spiro atoms. The van der Waals surface area contributed by atoms with Crippen LogP contribution in [0.2, 0.25) is 0 Å². The van der Waals surface area contributed by atoms with E-state index in [0.717, 1.165) is 18.5 Å². The van der Waals surface area contributed by atoms with E-state index < -0.39 is 0 Å². The van der Waals surface area contributed by atoms with Gasteiger partial charge in [0, 0.05) is 13.2 Å². The highest BCUT2D eigenvalue weighted by Gasteiger charge is 2.24. The minimum atomic E-state index is -0.0718. The molecule has 1 amide bonds. The molecule has 82 valence electrons. The van der Waals surface area contributed by atoms with Gasteiger partial charge in [0.25, 0.3) is 5.91 Å². The molecular weight excluding hydrogens is 194 g/mol. The van der Waals surface area contributed by atoms with Crippen LogP contribution >= 0.6 is 0 Å². The molecule has 1 aliphatic rings. The van der Waals surface area contributed by atoms with Crippen LogP contribution in [-0.4, -0.2) is 33.9 Å². The molecule has 5 heteroatoms. The van der Waals surface area contributed by atoms with E-state index in [-0.39, 0.29) is 5.91 Å². The number of rotatable bonds is 2. The molecule has 0 radical (unpaired) electrons. The van der Waals surface area contributed by atoms with E-state index in [4.69, 9.17) is 4.84 Å². The monoisotopic (exact) mass is 209 g/mol.